The Bertz CT molecular complexity index is 484. The number of hydrogen-bond donors (Lipinski definition) is 2. The van der Waals surface area contributed by atoms with Crippen LogP contribution < -0.4 is 5.73 Å². The van der Waals surface area contributed by atoms with E-state index >= 15 is 0 Å². The van der Waals surface area contributed by atoms with Crippen LogP contribution in [0, 0.1) is 5.92 Å². The van der Waals surface area contributed by atoms with Crippen LogP contribution >= 0.6 is 0 Å². The van der Waals surface area contributed by atoms with Gasteiger partial charge in [-0.25, -0.2) is 0 Å². The Labute approximate surface area is 139 Å². The summed E-state index contributed by atoms with van der Waals surface area (Å²) in [5.41, 5.74) is 6.62. The first-order valence-electron chi connectivity index (χ1n) is 8.43. The molecule has 1 aliphatic rings. The SMILES string of the molecule is CC(N)C(=O)N(C)CC1CCN(CC(O)c2ccccc2)CC1. The lowest BCUT2D eigenvalue weighted by molar-refractivity contribution is -0.131. The van der Waals surface area contributed by atoms with Crippen LogP contribution in [0.15, 0.2) is 30.3 Å². The Morgan fingerprint density at radius 3 is 2.52 bits per heavy atom. The van der Waals surface area contributed by atoms with E-state index in [1.807, 2.05) is 37.4 Å². The van der Waals surface area contributed by atoms with Crippen LogP contribution in [0.25, 0.3) is 0 Å². The van der Waals surface area contributed by atoms with E-state index < -0.39 is 12.1 Å². The molecule has 0 spiro atoms. The number of amides is 1. The molecule has 0 radical (unpaired) electrons. The molecule has 2 atom stereocenters. The smallest absolute Gasteiger partial charge is 0.238 e. The van der Waals surface area contributed by atoms with Crippen LogP contribution in [-0.4, -0.2) is 60.1 Å². The molecule has 128 valence electrons. The minimum atomic E-state index is -0.435. The standard InChI is InChI=1S/C18H29N3O2/c1-14(19)18(23)20(2)12-15-8-10-21(11-9-15)13-17(22)16-6-4-3-5-7-16/h3-7,14-15,17,22H,8-13,19H2,1-2H3. The molecule has 1 amide bonds. The number of nitrogens with two attached hydrogens (primary N) is 1. The number of benzene rings is 1. The van der Waals surface area contributed by atoms with E-state index in [1.165, 1.54) is 0 Å². The number of β-amino-alcohol motifs (C(OH)–C–C–N with tert-alkyl or cyclic N) is 1. The molecule has 23 heavy (non-hydrogen) atoms. The van der Waals surface area contributed by atoms with Crippen LogP contribution in [-0.2, 0) is 4.79 Å². The van der Waals surface area contributed by atoms with Crippen molar-refractivity contribution in [1.29, 1.82) is 0 Å². The minimum absolute atomic E-state index is 0.00642. The first-order chi connectivity index (χ1) is 11.0. The summed E-state index contributed by atoms with van der Waals surface area (Å²) < 4.78 is 0. The summed E-state index contributed by atoms with van der Waals surface area (Å²) in [6.45, 7) is 5.11. The molecule has 1 saturated heterocycles. The topological polar surface area (TPSA) is 69.8 Å². The normalized spacial score (nSPS) is 19.3. The number of rotatable bonds is 6. The highest BCUT2D eigenvalue weighted by Crippen LogP contribution is 2.21. The number of aliphatic hydroxyl groups excluding tert-OH is 1. The Morgan fingerprint density at radius 1 is 1.35 bits per heavy atom. The fourth-order valence-electron chi connectivity index (χ4n) is 3.20. The van der Waals surface area contributed by atoms with Crippen molar-refractivity contribution in [3.05, 3.63) is 35.9 Å². The third kappa shape index (κ3) is 5.30. The van der Waals surface area contributed by atoms with Crippen molar-refractivity contribution in [3.8, 4) is 0 Å². The summed E-state index contributed by atoms with van der Waals surface area (Å²) in [6.07, 6.45) is 1.67. The van der Waals surface area contributed by atoms with E-state index in [9.17, 15) is 9.90 Å². The number of likely N-dealkylation sites (tertiary alicyclic amines) is 1. The monoisotopic (exact) mass is 319 g/mol. The molecule has 0 aliphatic carbocycles. The molecule has 1 aromatic carbocycles. The Morgan fingerprint density at radius 2 is 1.96 bits per heavy atom. The number of piperidine rings is 1. The highest BCUT2D eigenvalue weighted by molar-refractivity contribution is 5.80. The van der Waals surface area contributed by atoms with Crippen molar-refractivity contribution in [2.24, 2.45) is 11.7 Å². The first-order valence-corrected chi connectivity index (χ1v) is 8.43. The number of carbonyl (C=O) groups excluding carboxylic acids is 1. The van der Waals surface area contributed by atoms with Crippen LogP contribution in [0.5, 0.6) is 0 Å². The van der Waals surface area contributed by atoms with Gasteiger partial charge in [0, 0.05) is 20.1 Å². The molecule has 0 saturated carbocycles. The van der Waals surface area contributed by atoms with Crippen LogP contribution in [0.3, 0.4) is 0 Å². The van der Waals surface area contributed by atoms with Gasteiger partial charge in [-0.1, -0.05) is 30.3 Å². The zero-order chi connectivity index (χ0) is 16.8. The summed E-state index contributed by atoms with van der Waals surface area (Å²) in [7, 11) is 1.83. The van der Waals surface area contributed by atoms with Crippen molar-refractivity contribution in [3.63, 3.8) is 0 Å². The molecule has 1 aliphatic heterocycles. The van der Waals surface area contributed by atoms with Gasteiger partial charge in [0.2, 0.25) is 5.91 Å². The number of hydrogen-bond acceptors (Lipinski definition) is 4. The lowest BCUT2D eigenvalue weighted by Crippen LogP contribution is -2.44. The molecule has 1 aromatic rings. The molecule has 1 fully saturated rings. The van der Waals surface area contributed by atoms with Gasteiger partial charge in [-0.3, -0.25) is 4.79 Å². The average molecular weight is 319 g/mol. The zero-order valence-corrected chi connectivity index (χ0v) is 14.2. The van der Waals surface area contributed by atoms with Gasteiger partial charge in [0.05, 0.1) is 12.1 Å². The van der Waals surface area contributed by atoms with Gasteiger partial charge in [-0.2, -0.15) is 0 Å². The van der Waals surface area contributed by atoms with Crippen LogP contribution in [0.1, 0.15) is 31.4 Å². The van der Waals surface area contributed by atoms with Gasteiger partial charge in [0.1, 0.15) is 0 Å². The highest BCUT2D eigenvalue weighted by atomic mass is 16.3. The van der Waals surface area contributed by atoms with E-state index in [1.54, 1.807) is 11.8 Å². The molecular formula is C18H29N3O2. The minimum Gasteiger partial charge on any atom is -0.387 e. The molecular weight excluding hydrogens is 290 g/mol. The molecule has 2 rings (SSSR count). The predicted molar refractivity (Wildman–Crippen MR) is 91.9 cm³/mol. The van der Waals surface area contributed by atoms with Crippen molar-refractivity contribution < 1.29 is 9.90 Å². The molecule has 2 unspecified atom stereocenters. The van der Waals surface area contributed by atoms with Gasteiger partial charge >= 0.3 is 0 Å². The van der Waals surface area contributed by atoms with E-state index in [4.69, 9.17) is 5.73 Å². The van der Waals surface area contributed by atoms with Crippen molar-refractivity contribution in [2.45, 2.75) is 31.9 Å². The number of nitrogens with zero attached hydrogens (tertiary/aromatic N) is 2. The van der Waals surface area contributed by atoms with Crippen molar-refractivity contribution >= 4 is 5.91 Å². The van der Waals surface area contributed by atoms with Crippen LogP contribution in [0.2, 0.25) is 0 Å². The maximum absolute atomic E-state index is 11.8. The molecule has 5 nitrogen and oxygen atoms in total. The summed E-state index contributed by atoms with van der Waals surface area (Å²) in [4.78, 5) is 15.9. The first kappa shape index (κ1) is 17.9. The maximum Gasteiger partial charge on any atom is 0.238 e. The van der Waals surface area contributed by atoms with Gasteiger partial charge in [-0.15, -0.1) is 0 Å². The molecule has 1 heterocycles. The van der Waals surface area contributed by atoms with E-state index in [-0.39, 0.29) is 5.91 Å². The third-order valence-corrected chi connectivity index (χ3v) is 4.62. The Hall–Kier alpha value is -1.43. The van der Waals surface area contributed by atoms with E-state index in [0.717, 1.165) is 38.0 Å². The fourth-order valence-corrected chi connectivity index (χ4v) is 3.20. The zero-order valence-electron chi connectivity index (χ0n) is 14.2. The lowest BCUT2D eigenvalue weighted by atomic mass is 9.95. The molecule has 0 bridgehead atoms. The molecule has 0 aromatic heterocycles. The van der Waals surface area contributed by atoms with Gasteiger partial charge < -0.3 is 20.6 Å². The van der Waals surface area contributed by atoms with Gasteiger partial charge in [-0.05, 0) is 44.3 Å². The molecule has 3 N–H and O–H groups in total. The third-order valence-electron chi connectivity index (χ3n) is 4.62. The second-order valence-corrected chi connectivity index (χ2v) is 6.68. The average Bonchev–Trinajstić information content (AvgIpc) is 2.56. The summed E-state index contributed by atoms with van der Waals surface area (Å²) in [5, 5.41) is 10.3. The maximum atomic E-state index is 11.8. The van der Waals surface area contributed by atoms with E-state index in [2.05, 4.69) is 4.90 Å². The van der Waals surface area contributed by atoms with Gasteiger partial charge in [0.15, 0.2) is 0 Å². The second-order valence-electron chi connectivity index (χ2n) is 6.68. The largest absolute Gasteiger partial charge is 0.387 e. The Kier molecular flexibility index (Phi) is 6.57. The number of carbonyl (C=O) groups is 1. The second kappa shape index (κ2) is 8.43. The molecule has 5 heteroatoms. The lowest BCUT2D eigenvalue weighted by Gasteiger charge is -2.35. The summed E-state index contributed by atoms with van der Waals surface area (Å²) in [6, 6.07) is 9.37. The van der Waals surface area contributed by atoms with Gasteiger partial charge in [0.25, 0.3) is 0 Å². The number of likely N-dealkylation sites (N-methyl/N-ethyl adjacent to an activating group) is 1. The van der Waals surface area contributed by atoms with Crippen molar-refractivity contribution in [1.82, 2.24) is 9.80 Å². The van der Waals surface area contributed by atoms with Crippen molar-refractivity contribution in [2.75, 3.05) is 33.2 Å². The van der Waals surface area contributed by atoms with Crippen LogP contribution in [0.4, 0.5) is 0 Å². The summed E-state index contributed by atoms with van der Waals surface area (Å²) in [5.74, 6) is 0.528. The summed E-state index contributed by atoms with van der Waals surface area (Å²) >= 11 is 0. The highest BCUT2D eigenvalue weighted by Gasteiger charge is 2.24. The fraction of sp³-hybridized carbons (Fsp3) is 0.611. The predicted octanol–water partition coefficient (Wildman–Crippen LogP) is 1.24. The number of aliphatic hydroxyl groups is 1. The van der Waals surface area contributed by atoms with E-state index in [0.29, 0.717) is 12.5 Å². The Balaban J connectivity index is 1.75. The quantitative estimate of drug-likeness (QED) is 0.828.